The van der Waals surface area contributed by atoms with Crippen LogP contribution in [0.4, 0.5) is 0 Å². The minimum Gasteiger partial charge on any atom is -0.460 e. The second-order valence-corrected chi connectivity index (χ2v) is 7.64. The zero-order valence-corrected chi connectivity index (χ0v) is 14.1. The van der Waals surface area contributed by atoms with Crippen molar-refractivity contribution in [2.75, 3.05) is 0 Å². The van der Waals surface area contributed by atoms with Crippen LogP contribution >= 0.6 is 0 Å². The van der Waals surface area contributed by atoms with Gasteiger partial charge in [-0.25, -0.2) is 4.79 Å². The molecule has 0 aliphatic heterocycles. The van der Waals surface area contributed by atoms with E-state index in [1.807, 2.05) is 41.5 Å². The molecule has 1 fully saturated rings. The maximum Gasteiger partial charge on any atom is 0.331 e. The van der Waals surface area contributed by atoms with E-state index in [1.165, 1.54) is 0 Å². The van der Waals surface area contributed by atoms with Gasteiger partial charge in [0.15, 0.2) is 0 Å². The first-order valence-corrected chi connectivity index (χ1v) is 7.61. The quantitative estimate of drug-likeness (QED) is 0.574. The van der Waals surface area contributed by atoms with Crippen LogP contribution in [0.25, 0.3) is 0 Å². The van der Waals surface area contributed by atoms with Crippen molar-refractivity contribution in [1.29, 1.82) is 0 Å². The highest BCUT2D eigenvalue weighted by Gasteiger charge is 2.28. The van der Waals surface area contributed by atoms with E-state index >= 15 is 0 Å². The van der Waals surface area contributed by atoms with Crippen LogP contribution in [0.3, 0.4) is 0 Å². The summed E-state index contributed by atoms with van der Waals surface area (Å²) in [5.41, 5.74) is 0.148. The Labute approximate surface area is 127 Å². The molecule has 1 rings (SSSR count). The van der Waals surface area contributed by atoms with Crippen molar-refractivity contribution < 1.29 is 19.1 Å². The Bertz CT molecular complexity index is 411. The van der Waals surface area contributed by atoms with E-state index < -0.39 is 11.2 Å². The molecule has 0 aromatic heterocycles. The summed E-state index contributed by atoms with van der Waals surface area (Å²) in [5, 5.41) is 0. The molecule has 0 bridgehead atoms. The zero-order valence-electron chi connectivity index (χ0n) is 14.1. The van der Waals surface area contributed by atoms with Crippen LogP contribution < -0.4 is 0 Å². The van der Waals surface area contributed by atoms with Gasteiger partial charge >= 0.3 is 11.9 Å². The molecular weight excluding hydrogens is 268 g/mol. The summed E-state index contributed by atoms with van der Waals surface area (Å²) in [4.78, 5) is 23.7. The smallest absolute Gasteiger partial charge is 0.331 e. The fourth-order valence-corrected chi connectivity index (χ4v) is 2.25. The minimum absolute atomic E-state index is 0.0555. The standard InChI is InChI=1S/C17H28O4/c1-16(2,3)20-14(18)11-12-7-9-13(10-8-12)15(19)21-17(4,5)6/h11,13H,7-10H2,1-6H3. The van der Waals surface area contributed by atoms with E-state index in [4.69, 9.17) is 9.47 Å². The topological polar surface area (TPSA) is 52.6 Å². The van der Waals surface area contributed by atoms with Gasteiger partial charge in [-0.1, -0.05) is 5.57 Å². The molecule has 1 saturated carbocycles. The van der Waals surface area contributed by atoms with Crippen LogP contribution in [0.2, 0.25) is 0 Å². The monoisotopic (exact) mass is 296 g/mol. The Balaban J connectivity index is 2.48. The van der Waals surface area contributed by atoms with Crippen molar-refractivity contribution in [2.45, 2.75) is 78.4 Å². The van der Waals surface area contributed by atoms with Gasteiger partial charge in [0.1, 0.15) is 11.2 Å². The number of allylic oxidation sites excluding steroid dienone is 1. The van der Waals surface area contributed by atoms with Gasteiger partial charge in [-0.05, 0) is 67.2 Å². The Morgan fingerprint density at radius 3 is 1.86 bits per heavy atom. The molecular formula is C17H28O4. The molecule has 4 nitrogen and oxygen atoms in total. The predicted molar refractivity (Wildman–Crippen MR) is 81.7 cm³/mol. The van der Waals surface area contributed by atoms with Gasteiger partial charge in [0.05, 0.1) is 5.92 Å². The Morgan fingerprint density at radius 2 is 1.43 bits per heavy atom. The molecule has 0 saturated heterocycles. The average molecular weight is 296 g/mol. The molecule has 4 heteroatoms. The summed E-state index contributed by atoms with van der Waals surface area (Å²) >= 11 is 0. The molecule has 0 unspecified atom stereocenters. The van der Waals surface area contributed by atoms with Crippen molar-refractivity contribution in [2.24, 2.45) is 5.92 Å². The van der Waals surface area contributed by atoms with Gasteiger partial charge in [-0.2, -0.15) is 0 Å². The van der Waals surface area contributed by atoms with Crippen LogP contribution in [-0.4, -0.2) is 23.1 Å². The molecule has 0 N–H and O–H groups in total. The molecule has 0 spiro atoms. The second kappa shape index (κ2) is 6.63. The van der Waals surface area contributed by atoms with Crippen molar-refractivity contribution in [3.05, 3.63) is 11.6 Å². The van der Waals surface area contributed by atoms with Gasteiger partial charge in [-0.3, -0.25) is 4.79 Å². The Hall–Kier alpha value is -1.32. The van der Waals surface area contributed by atoms with Gasteiger partial charge in [-0.15, -0.1) is 0 Å². The molecule has 0 amide bonds. The minimum atomic E-state index is -0.470. The lowest BCUT2D eigenvalue weighted by molar-refractivity contribution is -0.160. The molecule has 21 heavy (non-hydrogen) atoms. The number of carbonyl (C=O) groups is 2. The summed E-state index contributed by atoms with van der Waals surface area (Å²) < 4.78 is 10.7. The largest absolute Gasteiger partial charge is 0.460 e. The molecule has 0 atom stereocenters. The summed E-state index contributed by atoms with van der Waals surface area (Å²) in [7, 11) is 0. The number of carbonyl (C=O) groups excluding carboxylic acids is 2. The molecule has 120 valence electrons. The fourth-order valence-electron chi connectivity index (χ4n) is 2.25. The maximum absolute atomic E-state index is 12.0. The lowest BCUT2D eigenvalue weighted by Crippen LogP contribution is -2.30. The highest BCUT2D eigenvalue weighted by atomic mass is 16.6. The average Bonchev–Trinajstić information content (AvgIpc) is 2.24. The molecule has 0 radical (unpaired) electrons. The number of ether oxygens (including phenoxy) is 2. The number of hydrogen-bond donors (Lipinski definition) is 0. The number of rotatable bonds is 2. The third-order valence-electron chi connectivity index (χ3n) is 3.10. The Morgan fingerprint density at radius 1 is 0.952 bits per heavy atom. The van der Waals surface area contributed by atoms with Gasteiger partial charge in [0.25, 0.3) is 0 Å². The van der Waals surface area contributed by atoms with Gasteiger partial charge in [0.2, 0.25) is 0 Å². The highest BCUT2D eigenvalue weighted by Crippen LogP contribution is 2.30. The third kappa shape index (κ3) is 7.30. The number of esters is 2. The van der Waals surface area contributed by atoms with E-state index in [0.717, 1.165) is 31.3 Å². The van der Waals surface area contributed by atoms with Crippen LogP contribution in [0.1, 0.15) is 67.2 Å². The van der Waals surface area contributed by atoms with Crippen molar-refractivity contribution in [3.8, 4) is 0 Å². The first-order chi connectivity index (χ1) is 9.46. The summed E-state index contributed by atoms with van der Waals surface area (Å²) in [6, 6.07) is 0. The van der Waals surface area contributed by atoms with Crippen LogP contribution in [0.5, 0.6) is 0 Å². The SMILES string of the molecule is CC(C)(C)OC(=O)C=C1CCC(C(=O)OC(C)(C)C)CC1. The van der Waals surface area contributed by atoms with Crippen LogP contribution in [0, 0.1) is 5.92 Å². The lowest BCUT2D eigenvalue weighted by Gasteiger charge is -2.27. The predicted octanol–water partition coefficient (Wildman–Crippen LogP) is 3.79. The molecule has 1 aliphatic carbocycles. The van der Waals surface area contributed by atoms with Crippen LogP contribution in [-0.2, 0) is 19.1 Å². The van der Waals surface area contributed by atoms with E-state index in [9.17, 15) is 9.59 Å². The first-order valence-electron chi connectivity index (χ1n) is 7.61. The summed E-state index contributed by atoms with van der Waals surface area (Å²) in [6.07, 6.45) is 4.57. The lowest BCUT2D eigenvalue weighted by atomic mass is 9.85. The summed E-state index contributed by atoms with van der Waals surface area (Å²) in [6.45, 7) is 11.2. The van der Waals surface area contributed by atoms with E-state index in [0.29, 0.717) is 0 Å². The summed E-state index contributed by atoms with van der Waals surface area (Å²) in [5.74, 6) is -0.480. The maximum atomic E-state index is 12.0. The Kier molecular flexibility index (Phi) is 5.60. The van der Waals surface area contributed by atoms with Gasteiger partial charge < -0.3 is 9.47 Å². The normalized spacial score (nSPS) is 19.9. The van der Waals surface area contributed by atoms with E-state index in [1.54, 1.807) is 6.08 Å². The van der Waals surface area contributed by atoms with E-state index in [2.05, 4.69) is 0 Å². The third-order valence-corrected chi connectivity index (χ3v) is 3.10. The second-order valence-electron chi connectivity index (χ2n) is 7.64. The van der Waals surface area contributed by atoms with Crippen molar-refractivity contribution in [3.63, 3.8) is 0 Å². The molecule has 0 heterocycles. The van der Waals surface area contributed by atoms with Crippen LogP contribution in [0.15, 0.2) is 11.6 Å². The first kappa shape index (κ1) is 17.7. The molecule has 0 aromatic carbocycles. The number of hydrogen-bond acceptors (Lipinski definition) is 4. The van der Waals surface area contributed by atoms with Gasteiger partial charge in [0, 0.05) is 6.08 Å². The highest BCUT2D eigenvalue weighted by molar-refractivity contribution is 5.83. The molecule has 1 aliphatic rings. The van der Waals surface area contributed by atoms with E-state index in [-0.39, 0.29) is 17.9 Å². The van der Waals surface area contributed by atoms with Crippen molar-refractivity contribution >= 4 is 11.9 Å². The fraction of sp³-hybridized carbons (Fsp3) is 0.765. The zero-order chi connectivity index (χ0) is 16.3. The van der Waals surface area contributed by atoms with Crippen molar-refractivity contribution in [1.82, 2.24) is 0 Å². The molecule has 0 aromatic rings.